The summed E-state index contributed by atoms with van der Waals surface area (Å²) in [6.07, 6.45) is 12.6. The van der Waals surface area contributed by atoms with E-state index in [1.54, 1.807) is 36.7 Å². The molecule has 1 aromatic carbocycles. The van der Waals surface area contributed by atoms with Gasteiger partial charge in [-0.25, -0.2) is 4.79 Å². The molecule has 1 aliphatic carbocycles. The molecule has 1 heterocycles. The van der Waals surface area contributed by atoms with Gasteiger partial charge in [0.25, 0.3) is 5.91 Å². The van der Waals surface area contributed by atoms with Crippen LogP contribution in [0.4, 0.5) is 0 Å². The van der Waals surface area contributed by atoms with Crippen molar-refractivity contribution in [1.29, 1.82) is 0 Å². The zero-order valence-corrected chi connectivity index (χ0v) is 13.3. The number of benzene rings is 1. The highest BCUT2D eigenvalue weighted by Crippen LogP contribution is 2.25. The van der Waals surface area contributed by atoms with Gasteiger partial charge in [0.15, 0.2) is 0 Å². The van der Waals surface area contributed by atoms with Gasteiger partial charge < -0.3 is 9.47 Å². The van der Waals surface area contributed by atoms with Crippen molar-refractivity contribution in [3.8, 4) is 0 Å². The first-order valence-electron chi connectivity index (χ1n) is 7.61. The van der Waals surface area contributed by atoms with Gasteiger partial charge in [0.2, 0.25) is 0 Å². The Morgan fingerprint density at radius 2 is 1.92 bits per heavy atom. The standard InChI is InChI=1S/C19H17NO4/c1-23-19(22)16-9-7-15(8-10-16)18(21)20-11-12-24-17(13-20)14-5-3-2-4-6-14/h2-3,5,7-13H,4,6H2,1H3. The second-order valence-corrected chi connectivity index (χ2v) is 5.34. The Balaban J connectivity index is 1.79. The van der Waals surface area contributed by atoms with Crippen molar-refractivity contribution in [3.63, 3.8) is 0 Å². The SMILES string of the molecule is COC(=O)c1ccc(C(=O)N2C=COC(C3=CC=CCC3)=C2)cc1. The molecule has 0 unspecified atom stereocenters. The number of nitrogens with zero attached hydrogens (tertiary/aromatic N) is 1. The third kappa shape index (κ3) is 3.30. The summed E-state index contributed by atoms with van der Waals surface area (Å²) in [5.74, 6) is 0.0385. The lowest BCUT2D eigenvalue weighted by Crippen LogP contribution is -2.23. The van der Waals surface area contributed by atoms with Crippen molar-refractivity contribution < 1.29 is 19.1 Å². The summed E-state index contributed by atoms with van der Waals surface area (Å²) in [4.78, 5) is 25.5. The first-order chi connectivity index (χ1) is 11.7. The van der Waals surface area contributed by atoms with Gasteiger partial charge in [-0.2, -0.15) is 0 Å². The summed E-state index contributed by atoms with van der Waals surface area (Å²) in [7, 11) is 1.32. The summed E-state index contributed by atoms with van der Waals surface area (Å²) in [6, 6.07) is 6.35. The Hall–Kier alpha value is -3.08. The van der Waals surface area contributed by atoms with E-state index in [2.05, 4.69) is 10.8 Å². The first kappa shape index (κ1) is 15.8. The summed E-state index contributed by atoms with van der Waals surface area (Å²) in [6.45, 7) is 0. The number of ether oxygens (including phenoxy) is 2. The number of methoxy groups -OCH3 is 1. The molecule has 0 radical (unpaired) electrons. The fourth-order valence-corrected chi connectivity index (χ4v) is 2.48. The van der Waals surface area contributed by atoms with E-state index in [0.29, 0.717) is 16.9 Å². The van der Waals surface area contributed by atoms with Crippen LogP contribution < -0.4 is 0 Å². The molecule has 5 nitrogen and oxygen atoms in total. The Labute approximate surface area is 140 Å². The van der Waals surface area contributed by atoms with Crippen LogP contribution in [0, 0.1) is 0 Å². The zero-order valence-electron chi connectivity index (χ0n) is 13.3. The van der Waals surface area contributed by atoms with E-state index in [-0.39, 0.29) is 5.91 Å². The third-order valence-electron chi connectivity index (χ3n) is 3.79. The van der Waals surface area contributed by atoms with E-state index in [0.717, 1.165) is 18.4 Å². The largest absolute Gasteiger partial charge is 0.465 e. The molecule has 122 valence electrons. The number of rotatable bonds is 3. The molecule has 1 aliphatic heterocycles. The summed E-state index contributed by atoms with van der Waals surface area (Å²) >= 11 is 0. The highest BCUT2D eigenvalue weighted by Gasteiger charge is 2.18. The number of carbonyl (C=O) groups is 2. The van der Waals surface area contributed by atoms with E-state index in [1.807, 2.05) is 12.2 Å². The molecule has 5 heteroatoms. The molecule has 1 aromatic rings. The van der Waals surface area contributed by atoms with Gasteiger partial charge in [-0.15, -0.1) is 0 Å². The third-order valence-corrected chi connectivity index (χ3v) is 3.79. The molecule has 2 aliphatic rings. The maximum atomic E-state index is 12.6. The molecule has 0 bridgehead atoms. The quantitative estimate of drug-likeness (QED) is 0.799. The number of carbonyl (C=O) groups excluding carboxylic acids is 2. The molecule has 0 fully saturated rings. The fraction of sp³-hybridized carbons (Fsp3) is 0.158. The smallest absolute Gasteiger partial charge is 0.337 e. The van der Waals surface area contributed by atoms with E-state index in [9.17, 15) is 9.59 Å². The van der Waals surface area contributed by atoms with Crippen molar-refractivity contribution in [3.05, 3.63) is 83.6 Å². The van der Waals surface area contributed by atoms with Gasteiger partial charge in [-0.05, 0) is 42.7 Å². The van der Waals surface area contributed by atoms with Gasteiger partial charge in [0.05, 0.1) is 18.9 Å². The normalized spacial score (nSPS) is 16.1. The lowest BCUT2D eigenvalue weighted by atomic mass is 10.0. The van der Waals surface area contributed by atoms with Crippen LogP contribution in [-0.2, 0) is 9.47 Å². The second kappa shape index (κ2) is 7.00. The second-order valence-electron chi connectivity index (χ2n) is 5.34. The van der Waals surface area contributed by atoms with Gasteiger partial charge in [0, 0.05) is 11.8 Å². The minimum absolute atomic E-state index is 0.199. The molecular weight excluding hydrogens is 306 g/mol. The van der Waals surface area contributed by atoms with Crippen molar-refractivity contribution in [1.82, 2.24) is 4.90 Å². The zero-order chi connectivity index (χ0) is 16.9. The molecule has 1 amide bonds. The Morgan fingerprint density at radius 3 is 2.58 bits per heavy atom. The minimum Gasteiger partial charge on any atom is -0.465 e. The summed E-state index contributed by atoms with van der Waals surface area (Å²) in [5, 5.41) is 0. The van der Waals surface area contributed by atoms with E-state index >= 15 is 0 Å². The molecule has 0 aromatic heterocycles. The monoisotopic (exact) mass is 323 g/mol. The van der Waals surface area contributed by atoms with Crippen LogP contribution >= 0.6 is 0 Å². The van der Waals surface area contributed by atoms with E-state index in [1.165, 1.54) is 18.3 Å². The number of allylic oxidation sites excluding steroid dienone is 4. The van der Waals surface area contributed by atoms with Gasteiger partial charge in [-0.3, -0.25) is 9.69 Å². The molecule has 24 heavy (non-hydrogen) atoms. The van der Waals surface area contributed by atoms with Crippen LogP contribution in [-0.4, -0.2) is 23.9 Å². The van der Waals surface area contributed by atoms with Crippen molar-refractivity contribution in [2.24, 2.45) is 0 Å². The summed E-state index contributed by atoms with van der Waals surface area (Å²) < 4.78 is 10.2. The number of hydrogen-bond donors (Lipinski definition) is 0. The maximum absolute atomic E-state index is 12.6. The fourth-order valence-electron chi connectivity index (χ4n) is 2.48. The Kier molecular flexibility index (Phi) is 4.61. The van der Waals surface area contributed by atoms with Crippen LogP contribution in [0.25, 0.3) is 0 Å². The highest BCUT2D eigenvalue weighted by atomic mass is 16.5. The average Bonchev–Trinajstić information content (AvgIpc) is 2.67. The van der Waals surface area contributed by atoms with Crippen molar-refractivity contribution >= 4 is 11.9 Å². The maximum Gasteiger partial charge on any atom is 0.337 e. The molecular formula is C19H17NO4. The highest BCUT2D eigenvalue weighted by molar-refractivity contribution is 5.97. The Bertz CT molecular complexity index is 769. The number of esters is 1. The van der Waals surface area contributed by atoms with Crippen LogP contribution in [0.1, 0.15) is 33.6 Å². The topological polar surface area (TPSA) is 55.8 Å². The lowest BCUT2D eigenvalue weighted by molar-refractivity contribution is 0.0600. The van der Waals surface area contributed by atoms with Crippen LogP contribution in [0.2, 0.25) is 0 Å². The molecule has 0 saturated heterocycles. The Morgan fingerprint density at radius 1 is 1.17 bits per heavy atom. The van der Waals surface area contributed by atoms with Crippen LogP contribution in [0.15, 0.2) is 72.5 Å². The van der Waals surface area contributed by atoms with Crippen LogP contribution in [0.3, 0.4) is 0 Å². The lowest BCUT2D eigenvalue weighted by Gasteiger charge is -2.22. The van der Waals surface area contributed by atoms with Crippen molar-refractivity contribution in [2.75, 3.05) is 7.11 Å². The number of amides is 1. The first-order valence-corrected chi connectivity index (χ1v) is 7.61. The van der Waals surface area contributed by atoms with E-state index < -0.39 is 5.97 Å². The van der Waals surface area contributed by atoms with Gasteiger partial charge >= 0.3 is 5.97 Å². The number of hydrogen-bond acceptors (Lipinski definition) is 4. The van der Waals surface area contributed by atoms with Gasteiger partial charge in [-0.1, -0.05) is 18.2 Å². The summed E-state index contributed by atoms with van der Waals surface area (Å²) in [5.41, 5.74) is 1.94. The van der Waals surface area contributed by atoms with Crippen molar-refractivity contribution in [2.45, 2.75) is 12.8 Å². The molecule has 0 saturated carbocycles. The predicted octanol–water partition coefficient (Wildman–Crippen LogP) is 3.53. The predicted molar refractivity (Wildman–Crippen MR) is 88.7 cm³/mol. The molecule has 0 atom stereocenters. The van der Waals surface area contributed by atoms with Crippen LogP contribution in [0.5, 0.6) is 0 Å². The van der Waals surface area contributed by atoms with E-state index in [4.69, 9.17) is 4.74 Å². The molecule has 0 N–H and O–H groups in total. The molecule has 3 rings (SSSR count). The van der Waals surface area contributed by atoms with Gasteiger partial charge in [0.1, 0.15) is 12.0 Å². The average molecular weight is 323 g/mol. The minimum atomic E-state index is -0.431. The molecule has 0 spiro atoms.